The molecular weight excluding hydrogens is 190 g/mol. The first-order valence-corrected chi connectivity index (χ1v) is 4.49. The molecule has 5 heteroatoms. The second-order valence-corrected chi connectivity index (χ2v) is 3.40. The summed E-state index contributed by atoms with van der Waals surface area (Å²) in [6.45, 7) is 1.64. The molecule has 0 aliphatic heterocycles. The van der Waals surface area contributed by atoms with Crippen molar-refractivity contribution in [2.75, 3.05) is 0 Å². The Kier molecular flexibility index (Phi) is 3.57. The smallest absolute Gasteiger partial charge is 0.282 e. The van der Waals surface area contributed by atoms with Crippen molar-refractivity contribution in [3.63, 3.8) is 0 Å². The Morgan fingerprint density at radius 2 is 2.21 bits per heavy atom. The lowest BCUT2D eigenvalue weighted by atomic mass is 10.1. The fraction of sp³-hybridized carbons (Fsp3) is 0.667. The summed E-state index contributed by atoms with van der Waals surface area (Å²) < 4.78 is 26.2. The van der Waals surface area contributed by atoms with Gasteiger partial charge < -0.3 is 5.11 Å². The minimum Gasteiger partial charge on any atom is -0.393 e. The van der Waals surface area contributed by atoms with Gasteiger partial charge in [0.1, 0.15) is 5.69 Å². The Bertz CT molecular complexity index is 297. The first kappa shape index (κ1) is 11.1. The van der Waals surface area contributed by atoms with E-state index in [9.17, 15) is 8.78 Å². The normalized spacial score (nSPS) is 13.6. The molecule has 0 aliphatic carbocycles. The summed E-state index contributed by atoms with van der Waals surface area (Å²) in [5, 5.41) is 12.7. The molecule has 0 saturated carbocycles. The van der Waals surface area contributed by atoms with E-state index in [1.165, 1.54) is 4.68 Å². The Balaban J connectivity index is 2.74. The molecule has 1 N–H and O–H groups in total. The van der Waals surface area contributed by atoms with Gasteiger partial charge in [0, 0.05) is 13.2 Å². The lowest BCUT2D eigenvalue weighted by Gasteiger charge is -2.03. The summed E-state index contributed by atoms with van der Waals surface area (Å²) in [5.74, 6) is 0. The van der Waals surface area contributed by atoms with E-state index in [-0.39, 0.29) is 5.69 Å². The molecule has 14 heavy (non-hydrogen) atoms. The number of alkyl halides is 2. The third-order valence-corrected chi connectivity index (χ3v) is 1.98. The van der Waals surface area contributed by atoms with E-state index in [1.807, 2.05) is 0 Å². The lowest BCUT2D eigenvalue weighted by molar-refractivity contribution is 0.143. The summed E-state index contributed by atoms with van der Waals surface area (Å²) in [6.07, 6.45) is -0.526. The zero-order valence-electron chi connectivity index (χ0n) is 8.24. The molecule has 0 saturated heterocycles. The lowest BCUT2D eigenvalue weighted by Crippen LogP contribution is -2.02. The van der Waals surface area contributed by atoms with Crippen molar-refractivity contribution in [1.29, 1.82) is 0 Å². The third kappa shape index (κ3) is 2.77. The first-order valence-electron chi connectivity index (χ1n) is 4.49. The van der Waals surface area contributed by atoms with Gasteiger partial charge in [0.05, 0.1) is 6.10 Å². The van der Waals surface area contributed by atoms with Gasteiger partial charge >= 0.3 is 0 Å². The molecule has 0 aromatic carbocycles. The van der Waals surface area contributed by atoms with Gasteiger partial charge in [-0.3, -0.25) is 4.68 Å². The number of aryl methyl sites for hydroxylation is 2. The van der Waals surface area contributed by atoms with Crippen LogP contribution in [0, 0.1) is 0 Å². The highest BCUT2D eigenvalue weighted by molar-refractivity contribution is 5.18. The number of aliphatic hydroxyl groups is 1. The molecule has 1 atom stereocenters. The van der Waals surface area contributed by atoms with Crippen molar-refractivity contribution in [2.45, 2.75) is 32.3 Å². The van der Waals surface area contributed by atoms with Crippen LogP contribution in [0.1, 0.15) is 31.0 Å². The number of halogens is 2. The number of rotatable bonds is 4. The maximum Gasteiger partial charge on any atom is 0.282 e. The predicted molar refractivity (Wildman–Crippen MR) is 48.2 cm³/mol. The van der Waals surface area contributed by atoms with Crippen molar-refractivity contribution >= 4 is 0 Å². The minimum absolute atomic E-state index is 0.173. The Hall–Kier alpha value is -0.970. The van der Waals surface area contributed by atoms with Crippen LogP contribution in [0.3, 0.4) is 0 Å². The number of aliphatic hydroxyl groups excluding tert-OH is 1. The molecule has 0 fully saturated rings. The largest absolute Gasteiger partial charge is 0.393 e. The molecule has 1 aromatic heterocycles. The monoisotopic (exact) mass is 204 g/mol. The second kappa shape index (κ2) is 4.50. The molecule has 1 rings (SSSR count). The maximum atomic E-state index is 12.4. The van der Waals surface area contributed by atoms with Crippen LogP contribution in [0.2, 0.25) is 0 Å². The average Bonchev–Trinajstić information content (AvgIpc) is 2.43. The summed E-state index contributed by atoms with van der Waals surface area (Å²) in [6, 6.07) is 0. The van der Waals surface area contributed by atoms with Gasteiger partial charge in [-0.05, 0) is 25.3 Å². The number of nitrogens with zero attached hydrogens (tertiary/aromatic N) is 2. The molecule has 0 unspecified atom stereocenters. The van der Waals surface area contributed by atoms with Crippen LogP contribution in [0.15, 0.2) is 6.20 Å². The minimum atomic E-state index is -2.54. The van der Waals surface area contributed by atoms with Crippen LogP contribution < -0.4 is 0 Å². The van der Waals surface area contributed by atoms with Crippen molar-refractivity contribution in [1.82, 2.24) is 9.78 Å². The van der Waals surface area contributed by atoms with Gasteiger partial charge in [0.15, 0.2) is 0 Å². The highest BCUT2D eigenvalue weighted by atomic mass is 19.3. The van der Waals surface area contributed by atoms with E-state index in [1.54, 1.807) is 20.2 Å². The molecule has 0 amide bonds. The maximum absolute atomic E-state index is 12.4. The highest BCUT2D eigenvalue weighted by Crippen LogP contribution is 2.22. The van der Waals surface area contributed by atoms with Gasteiger partial charge in [-0.1, -0.05) is 0 Å². The molecule has 0 spiro atoms. The van der Waals surface area contributed by atoms with Crippen LogP contribution in [0.4, 0.5) is 8.78 Å². The SMILES string of the molecule is C[C@@H](O)CCc1cn(C)nc1C(F)F. The van der Waals surface area contributed by atoms with E-state index in [4.69, 9.17) is 5.11 Å². The van der Waals surface area contributed by atoms with E-state index in [0.29, 0.717) is 18.4 Å². The van der Waals surface area contributed by atoms with Crippen LogP contribution in [-0.2, 0) is 13.5 Å². The topological polar surface area (TPSA) is 38.0 Å². The van der Waals surface area contributed by atoms with Gasteiger partial charge in [-0.15, -0.1) is 0 Å². The second-order valence-electron chi connectivity index (χ2n) is 3.40. The molecule has 1 aromatic rings. The fourth-order valence-electron chi connectivity index (χ4n) is 1.30. The summed E-state index contributed by atoms with van der Waals surface area (Å²) in [4.78, 5) is 0. The Morgan fingerprint density at radius 1 is 1.57 bits per heavy atom. The van der Waals surface area contributed by atoms with Crippen molar-refractivity contribution in [3.8, 4) is 0 Å². The van der Waals surface area contributed by atoms with Gasteiger partial charge in [0.2, 0.25) is 0 Å². The summed E-state index contributed by atoms with van der Waals surface area (Å²) >= 11 is 0. The molecule has 0 bridgehead atoms. The van der Waals surface area contributed by atoms with Crippen LogP contribution >= 0.6 is 0 Å². The number of aromatic nitrogens is 2. The molecule has 0 radical (unpaired) electrons. The summed E-state index contributed by atoms with van der Waals surface area (Å²) in [7, 11) is 1.61. The van der Waals surface area contributed by atoms with Crippen molar-refractivity contribution < 1.29 is 13.9 Å². The molecular formula is C9H14F2N2O. The Morgan fingerprint density at radius 3 is 2.71 bits per heavy atom. The van der Waals surface area contributed by atoms with Gasteiger partial charge in [-0.2, -0.15) is 5.10 Å². The zero-order chi connectivity index (χ0) is 10.7. The van der Waals surface area contributed by atoms with Crippen molar-refractivity contribution in [2.24, 2.45) is 7.05 Å². The molecule has 80 valence electrons. The van der Waals surface area contributed by atoms with E-state index < -0.39 is 12.5 Å². The van der Waals surface area contributed by atoms with Gasteiger partial charge in [-0.25, -0.2) is 8.78 Å². The van der Waals surface area contributed by atoms with E-state index in [0.717, 1.165) is 0 Å². The van der Waals surface area contributed by atoms with Crippen LogP contribution in [0.25, 0.3) is 0 Å². The first-order chi connectivity index (χ1) is 6.50. The van der Waals surface area contributed by atoms with Crippen LogP contribution in [0.5, 0.6) is 0 Å². The van der Waals surface area contributed by atoms with E-state index in [2.05, 4.69) is 5.10 Å². The standard InChI is InChI=1S/C9H14F2N2O/c1-6(14)3-4-7-5-13(2)12-8(7)9(10)11/h5-6,9,14H,3-4H2,1-2H3/t6-/m1/s1. The molecule has 1 heterocycles. The number of hydrogen-bond donors (Lipinski definition) is 1. The average molecular weight is 204 g/mol. The van der Waals surface area contributed by atoms with Crippen molar-refractivity contribution in [3.05, 3.63) is 17.5 Å². The zero-order valence-corrected chi connectivity index (χ0v) is 8.24. The van der Waals surface area contributed by atoms with Crippen LogP contribution in [-0.4, -0.2) is 21.0 Å². The quantitative estimate of drug-likeness (QED) is 0.810. The fourth-order valence-corrected chi connectivity index (χ4v) is 1.30. The predicted octanol–water partition coefficient (Wildman–Crippen LogP) is 1.67. The van der Waals surface area contributed by atoms with E-state index >= 15 is 0 Å². The number of hydrogen-bond acceptors (Lipinski definition) is 2. The summed E-state index contributed by atoms with van der Waals surface area (Å²) in [5.41, 5.74) is 0.344. The Labute approximate surface area is 81.4 Å². The third-order valence-electron chi connectivity index (χ3n) is 1.98. The molecule has 0 aliphatic rings. The highest BCUT2D eigenvalue weighted by Gasteiger charge is 2.17. The van der Waals surface area contributed by atoms with Gasteiger partial charge in [0.25, 0.3) is 6.43 Å². The molecule has 3 nitrogen and oxygen atoms in total.